The molecule has 0 atom stereocenters. The molecule has 1 rings (SSSR count). The Kier molecular flexibility index (Phi) is 6.78. The quantitative estimate of drug-likeness (QED) is 0.698. The van der Waals surface area contributed by atoms with Crippen LogP contribution in [0.5, 0.6) is 0 Å². The molecule has 0 aliphatic carbocycles. The fourth-order valence-electron chi connectivity index (χ4n) is 2.14. The molecule has 1 aliphatic rings. The second-order valence-electron chi connectivity index (χ2n) is 5.55. The molecule has 0 radical (unpaired) electrons. The van der Waals surface area contributed by atoms with Gasteiger partial charge in [-0.2, -0.15) is 0 Å². The number of amides is 2. The highest BCUT2D eigenvalue weighted by Gasteiger charge is 2.37. The molecule has 0 aromatic carbocycles. The van der Waals surface area contributed by atoms with Crippen LogP contribution >= 0.6 is 0 Å². The van der Waals surface area contributed by atoms with Crippen LogP contribution in [0.3, 0.4) is 0 Å². The van der Waals surface area contributed by atoms with Gasteiger partial charge in [0.15, 0.2) is 0 Å². The molecule has 1 saturated heterocycles. The first-order chi connectivity index (χ1) is 9.49. The maximum absolute atomic E-state index is 11.9. The number of piperidine rings is 1. The maximum Gasteiger partial charge on any atom is 0.317 e. The summed E-state index contributed by atoms with van der Waals surface area (Å²) in [6, 6.07) is -0.104. The number of hydrogen-bond donors (Lipinski definition) is 2. The zero-order valence-corrected chi connectivity index (χ0v) is 12.5. The lowest BCUT2D eigenvalue weighted by atomic mass is 9.80. The van der Waals surface area contributed by atoms with Crippen molar-refractivity contribution in [2.75, 3.05) is 32.8 Å². The predicted octanol–water partition coefficient (Wildman–Crippen LogP) is 1.70. The summed E-state index contributed by atoms with van der Waals surface area (Å²) in [5, 5.41) is 12.0. The van der Waals surface area contributed by atoms with Gasteiger partial charge in [-0.05, 0) is 32.6 Å². The van der Waals surface area contributed by atoms with Crippen LogP contribution in [0.1, 0.15) is 39.5 Å². The highest BCUT2D eigenvalue weighted by Crippen LogP contribution is 2.30. The standard InChI is InChI=1S/C14H26N2O4/c1-3-10-20-11-4-7-15-13(19)16-8-5-14(2,6-9-16)12(17)18/h3-11H2,1-2H3,(H,15,19)(H,17,18). The smallest absolute Gasteiger partial charge is 0.317 e. The minimum atomic E-state index is -0.773. The Morgan fingerprint density at radius 1 is 1.30 bits per heavy atom. The molecule has 116 valence electrons. The molecular formula is C14H26N2O4. The third-order valence-electron chi connectivity index (χ3n) is 3.76. The van der Waals surface area contributed by atoms with Crippen molar-refractivity contribution in [2.24, 2.45) is 5.41 Å². The van der Waals surface area contributed by atoms with Gasteiger partial charge in [-0.25, -0.2) is 4.79 Å². The SMILES string of the molecule is CCCOCCCNC(=O)N1CCC(C)(C(=O)O)CC1. The van der Waals surface area contributed by atoms with Crippen molar-refractivity contribution in [3.8, 4) is 0 Å². The first-order valence-electron chi connectivity index (χ1n) is 7.33. The topological polar surface area (TPSA) is 78.9 Å². The summed E-state index contributed by atoms with van der Waals surface area (Å²) in [7, 11) is 0. The lowest BCUT2D eigenvalue weighted by Crippen LogP contribution is -2.48. The third-order valence-corrected chi connectivity index (χ3v) is 3.76. The van der Waals surface area contributed by atoms with Gasteiger partial charge < -0.3 is 20.1 Å². The Hall–Kier alpha value is -1.30. The Bertz CT molecular complexity index is 325. The normalized spacial score (nSPS) is 17.8. The molecular weight excluding hydrogens is 260 g/mol. The molecule has 1 heterocycles. The first kappa shape index (κ1) is 16.8. The van der Waals surface area contributed by atoms with E-state index < -0.39 is 11.4 Å². The second kappa shape index (κ2) is 8.09. The molecule has 6 heteroatoms. The summed E-state index contributed by atoms with van der Waals surface area (Å²) in [6.45, 7) is 6.81. The van der Waals surface area contributed by atoms with Crippen LogP contribution in [-0.4, -0.2) is 54.9 Å². The Balaban J connectivity index is 2.18. The number of carbonyl (C=O) groups excluding carboxylic acids is 1. The van der Waals surface area contributed by atoms with Crippen LogP contribution in [0, 0.1) is 5.41 Å². The highest BCUT2D eigenvalue weighted by atomic mass is 16.5. The zero-order chi connectivity index (χ0) is 15.0. The molecule has 0 bridgehead atoms. The van der Waals surface area contributed by atoms with E-state index in [-0.39, 0.29) is 6.03 Å². The van der Waals surface area contributed by atoms with Gasteiger partial charge in [0.25, 0.3) is 0 Å². The maximum atomic E-state index is 11.9. The van der Waals surface area contributed by atoms with E-state index in [1.54, 1.807) is 11.8 Å². The van der Waals surface area contributed by atoms with Crippen molar-refractivity contribution in [2.45, 2.75) is 39.5 Å². The van der Waals surface area contributed by atoms with E-state index in [0.717, 1.165) is 19.4 Å². The summed E-state index contributed by atoms with van der Waals surface area (Å²) >= 11 is 0. The van der Waals surface area contributed by atoms with Crippen molar-refractivity contribution < 1.29 is 19.4 Å². The molecule has 0 aromatic heterocycles. The summed E-state index contributed by atoms with van der Waals surface area (Å²) in [4.78, 5) is 24.7. The number of carboxylic acid groups (broad SMARTS) is 1. The predicted molar refractivity (Wildman–Crippen MR) is 75.7 cm³/mol. The van der Waals surface area contributed by atoms with Crippen molar-refractivity contribution in [1.82, 2.24) is 10.2 Å². The van der Waals surface area contributed by atoms with Crippen LogP contribution < -0.4 is 5.32 Å². The number of carboxylic acids is 1. The Labute approximate surface area is 120 Å². The summed E-state index contributed by atoms with van der Waals surface area (Å²) < 4.78 is 5.33. The molecule has 2 amide bonds. The number of aliphatic carboxylic acids is 1. The van der Waals surface area contributed by atoms with Crippen LogP contribution in [-0.2, 0) is 9.53 Å². The largest absolute Gasteiger partial charge is 0.481 e. The molecule has 0 spiro atoms. The second-order valence-corrected chi connectivity index (χ2v) is 5.55. The van der Waals surface area contributed by atoms with E-state index in [1.165, 1.54) is 0 Å². The van der Waals surface area contributed by atoms with E-state index >= 15 is 0 Å². The van der Waals surface area contributed by atoms with Crippen LogP contribution in [0.2, 0.25) is 0 Å². The number of hydrogen-bond acceptors (Lipinski definition) is 3. The molecule has 6 nitrogen and oxygen atoms in total. The van der Waals surface area contributed by atoms with Gasteiger partial charge in [0.2, 0.25) is 0 Å². The molecule has 0 saturated carbocycles. The number of rotatable bonds is 7. The van der Waals surface area contributed by atoms with E-state index in [4.69, 9.17) is 9.84 Å². The first-order valence-corrected chi connectivity index (χ1v) is 7.33. The van der Waals surface area contributed by atoms with Gasteiger partial charge in [-0.3, -0.25) is 4.79 Å². The molecule has 0 unspecified atom stereocenters. The lowest BCUT2D eigenvalue weighted by Gasteiger charge is -2.36. The highest BCUT2D eigenvalue weighted by molar-refractivity contribution is 5.76. The van der Waals surface area contributed by atoms with Crippen molar-refractivity contribution in [3.63, 3.8) is 0 Å². The fourth-order valence-corrected chi connectivity index (χ4v) is 2.14. The Morgan fingerprint density at radius 2 is 1.95 bits per heavy atom. The average molecular weight is 286 g/mol. The van der Waals surface area contributed by atoms with Gasteiger partial charge >= 0.3 is 12.0 Å². The zero-order valence-electron chi connectivity index (χ0n) is 12.5. The van der Waals surface area contributed by atoms with Crippen molar-refractivity contribution in [1.29, 1.82) is 0 Å². The number of nitrogens with zero attached hydrogens (tertiary/aromatic N) is 1. The van der Waals surface area contributed by atoms with E-state index in [9.17, 15) is 9.59 Å². The lowest BCUT2D eigenvalue weighted by molar-refractivity contribution is -0.150. The van der Waals surface area contributed by atoms with Crippen LogP contribution in [0.25, 0.3) is 0 Å². The summed E-state index contributed by atoms with van der Waals surface area (Å²) in [5.41, 5.74) is -0.690. The van der Waals surface area contributed by atoms with E-state index in [2.05, 4.69) is 12.2 Å². The minimum absolute atomic E-state index is 0.104. The average Bonchev–Trinajstić information content (AvgIpc) is 2.43. The molecule has 0 aromatic rings. The summed E-state index contributed by atoms with van der Waals surface area (Å²) in [5.74, 6) is -0.773. The van der Waals surface area contributed by atoms with Crippen molar-refractivity contribution >= 4 is 12.0 Å². The third kappa shape index (κ3) is 5.00. The van der Waals surface area contributed by atoms with Gasteiger partial charge in [0.1, 0.15) is 0 Å². The number of ether oxygens (including phenoxy) is 1. The minimum Gasteiger partial charge on any atom is -0.481 e. The van der Waals surface area contributed by atoms with Gasteiger partial charge in [0.05, 0.1) is 5.41 Å². The summed E-state index contributed by atoms with van der Waals surface area (Å²) in [6.07, 6.45) is 2.82. The van der Waals surface area contributed by atoms with Gasteiger partial charge in [-0.15, -0.1) is 0 Å². The van der Waals surface area contributed by atoms with Gasteiger partial charge in [-0.1, -0.05) is 6.92 Å². The van der Waals surface area contributed by atoms with E-state index in [0.29, 0.717) is 39.1 Å². The molecule has 2 N–H and O–H groups in total. The molecule has 1 aliphatic heterocycles. The van der Waals surface area contributed by atoms with Crippen molar-refractivity contribution in [3.05, 3.63) is 0 Å². The van der Waals surface area contributed by atoms with Gasteiger partial charge in [0, 0.05) is 32.8 Å². The Morgan fingerprint density at radius 3 is 2.50 bits per heavy atom. The molecule has 1 fully saturated rings. The fraction of sp³-hybridized carbons (Fsp3) is 0.857. The molecule has 20 heavy (non-hydrogen) atoms. The monoisotopic (exact) mass is 286 g/mol. The number of carbonyl (C=O) groups is 2. The van der Waals surface area contributed by atoms with Crippen LogP contribution in [0.4, 0.5) is 4.79 Å². The van der Waals surface area contributed by atoms with E-state index in [1.807, 2.05) is 0 Å². The number of urea groups is 1. The number of nitrogens with one attached hydrogen (secondary N) is 1. The van der Waals surface area contributed by atoms with Crippen LogP contribution in [0.15, 0.2) is 0 Å². The number of likely N-dealkylation sites (tertiary alicyclic amines) is 1.